The SMILES string of the molecule is CCOC(=O)c1cnn(CCc2ccc([N+](=O)[O-])cc2)c1. The maximum Gasteiger partial charge on any atom is 0.341 e. The summed E-state index contributed by atoms with van der Waals surface area (Å²) in [6.07, 6.45) is 3.76. The van der Waals surface area contributed by atoms with Gasteiger partial charge in [0.1, 0.15) is 0 Å². The van der Waals surface area contributed by atoms with Gasteiger partial charge in [0.2, 0.25) is 0 Å². The largest absolute Gasteiger partial charge is 0.462 e. The van der Waals surface area contributed by atoms with Crippen LogP contribution in [-0.2, 0) is 17.7 Å². The van der Waals surface area contributed by atoms with Gasteiger partial charge in [-0.15, -0.1) is 0 Å². The van der Waals surface area contributed by atoms with E-state index in [0.717, 1.165) is 5.56 Å². The van der Waals surface area contributed by atoms with Crippen LogP contribution in [0.4, 0.5) is 5.69 Å². The van der Waals surface area contributed by atoms with Crippen LogP contribution < -0.4 is 0 Å². The quantitative estimate of drug-likeness (QED) is 0.462. The molecule has 2 aromatic rings. The van der Waals surface area contributed by atoms with Crippen molar-refractivity contribution in [2.24, 2.45) is 0 Å². The molecule has 2 rings (SSSR count). The van der Waals surface area contributed by atoms with E-state index in [1.54, 1.807) is 29.9 Å². The molecule has 1 aromatic carbocycles. The Kier molecular flexibility index (Phi) is 4.65. The Balaban J connectivity index is 1.94. The van der Waals surface area contributed by atoms with Crippen molar-refractivity contribution in [3.8, 4) is 0 Å². The molecule has 0 spiro atoms. The fourth-order valence-electron chi connectivity index (χ4n) is 1.83. The van der Waals surface area contributed by atoms with E-state index < -0.39 is 4.92 Å². The molecule has 1 aromatic heterocycles. The third-order valence-corrected chi connectivity index (χ3v) is 2.92. The van der Waals surface area contributed by atoms with E-state index in [4.69, 9.17) is 4.74 Å². The van der Waals surface area contributed by atoms with E-state index in [1.807, 2.05) is 0 Å². The smallest absolute Gasteiger partial charge is 0.341 e. The number of ether oxygens (including phenoxy) is 1. The van der Waals surface area contributed by atoms with E-state index in [9.17, 15) is 14.9 Å². The highest BCUT2D eigenvalue weighted by molar-refractivity contribution is 5.88. The summed E-state index contributed by atoms with van der Waals surface area (Å²) in [4.78, 5) is 21.6. The van der Waals surface area contributed by atoms with Crippen molar-refractivity contribution in [1.82, 2.24) is 9.78 Å². The molecule has 0 aliphatic carbocycles. The van der Waals surface area contributed by atoms with E-state index in [1.165, 1.54) is 18.3 Å². The molecule has 7 nitrogen and oxygen atoms in total. The average Bonchev–Trinajstić information content (AvgIpc) is 2.95. The molecule has 110 valence electrons. The minimum absolute atomic E-state index is 0.0717. The van der Waals surface area contributed by atoms with Crippen molar-refractivity contribution >= 4 is 11.7 Å². The second kappa shape index (κ2) is 6.65. The zero-order valence-corrected chi connectivity index (χ0v) is 11.6. The molecule has 0 atom stereocenters. The predicted molar refractivity (Wildman–Crippen MR) is 75.0 cm³/mol. The molecule has 7 heteroatoms. The lowest BCUT2D eigenvalue weighted by Crippen LogP contribution is -2.04. The number of nitro benzene ring substituents is 1. The van der Waals surface area contributed by atoms with Gasteiger partial charge < -0.3 is 4.74 Å². The molecule has 0 aliphatic rings. The number of benzene rings is 1. The number of rotatable bonds is 6. The zero-order chi connectivity index (χ0) is 15.2. The van der Waals surface area contributed by atoms with Gasteiger partial charge in [0.25, 0.3) is 5.69 Å². The number of nitro groups is 1. The highest BCUT2D eigenvalue weighted by atomic mass is 16.6. The number of non-ortho nitro benzene ring substituents is 1. The first-order valence-corrected chi connectivity index (χ1v) is 6.53. The van der Waals surface area contributed by atoms with E-state index in [0.29, 0.717) is 25.1 Å². The minimum atomic E-state index is -0.428. The molecule has 0 saturated carbocycles. The number of hydrogen-bond donors (Lipinski definition) is 0. The van der Waals surface area contributed by atoms with Crippen molar-refractivity contribution < 1.29 is 14.5 Å². The third kappa shape index (κ3) is 3.88. The Morgan fingerprint density at radius 2 is 2.10 bits per heavy atom. The summed E-state index contributed by atoms with van der Waals surface area (Å²) < 4.78 is 6.53. The van der Waals surface area contributed by atoms with Crippen LogP contribution in [0.5, 0.6) is 0 Å². The lowest BCUT2D eigenvalue weighted by molar-refractivity contribution is -0.384. The molecular weight excluding hydrogens is 274 g/mol. The van der Waals surface area contributed by atoms with Gasteiger partial charge >= 0.3 is 5.97 Å². The van der Waals surface area contributed by atoms with Gasteiger partial charge in [-0.3, -0.25) is 14.8 Å². The van der Waals surface area contributed by atoms with Gasteiger partial charge in [0.05, 0.1) is 23.3 Å². The third-order valence-electron chi connectivity index (χ3n) is 2.92. The van der Waals surface area contributed by atoms with Gasteiger partial charge in [-0.1, -0.05) is 12.1 Å². The summed E-state index contributed by atoms with van der Waals surface area (Å²) in [6, 6.07) is 6.38. The summed E-state index contributed by atoms with van der Waals surface area (Å²) in [5.41, 5.74) is 1.46. The Morgan fingerprint density at radius 1 is 1.38 bits per heavy atom. The molecular formula is C14H15N3O4. The fourth-order valence-corrected chi connectivity index (χ4v) is 1.83. The summed E-state index contributed by atoms with van der Waals surface area (Å²) in [5.74, 6) is -0.390. The maximum atomic E-state index is 11.5. The Morgan fingerprint density at radius 3 is 2.71 bits per heavy atom. The molecule has 1 heterocycles. The second-order valence-corrected chi connectivity index (χ2v) is 4.39. The van der Waals surface area contributed by atoms with Crippen LogP contribution >= 0.6 is 0 Å². The second-order valence-electron chi connectivity index (χ2n) is 4.39. The first-order chi connectivity index (χ1) is 10.1. The van der Waals surface area contributed by atoms with Crippen LogP contribution in [0.25, 0.3) is 0 Å². The lowest BCUT2D eigenvalue weighted by atomic mass is 10.1. The average molecular weight is 289 g/mol. The number of aryl methyl sites for hydroxylation is 2. The van der Waals surface area contributed by atoms with Gasteiger partial charge in [0, 0.05) is 24.9 Å². The molecule has 21 heavy (non-hydrogen) atoms. The first-order valence-electron chi connectivity index (χ1n) is 6.53. The van der Waals surface area contributed by atoms with Crippen molar-refractivity contribution in [3.05, 3.63) is 57.9 Å². The van der Waals surface area contributed by atoms with Crippen LogP contribution in [0.3, 0.4) is 0 Å². The van der Waals surface area contributed by atoms with Crippen molar-refractivity contribution in [2.45, 2.75) is 19.9 Å². The standard InChI is InChI=1S/C14H15N3O4/c1-2-21-14(18)12-9-15-16(10-12)8-7-11-3-5-13(6-4-11)17(19)20/h3-6,9-10H,2,7-8H2,1H3. The topological polar surface area (TPSA) is 87.3 Å². The van der Waals surface area contributed by atoms with E-state index in [-0.39, 0.29) is 11.7 Å². The number of carbonyl (C=O) groups excluding carboxylic acids is 1. The van der Waals surface area contributed by atoms with Crippen LogP contribution in [0.2, 0.25) is 0 Å². The highest BCUT2D eigenvalue weighted by Gasteiger charge is 2.09. The van der Waals surface area contributed by atoms with Gasteiger partial charge in [0.15, 0.2) is 0 Å². The van der Waals surface area contributed by atoms with Gasteiger partial charge in [-0.25, -0.2) is 4.79 Å². The zero-order valence-electron chi connectivity index (χ0n) is 11.6. The van der Waals surface area contributed by atoms with Crippen LogP contribution in [-0.4, -0.2) is 27.3 Å². The summed E-state index contributed by atoms with van der Waals surface area (Å²) in [5, 5.41) is 14.6. The number of carbonyl (C=O) groups is 1. The number of nitrogens with zero attached hydrogens (tertiary/aromatic N) is 3. The highest BCUT2D eigenvalue weighted by Crippen LogP contribution is 2.12. The molecule has 0 fully saturated rings. The van der Waals surface area contributed by atoms with E-state index in [2.05, 4.69) is 5.10 Å². The maximum absolute atomic E-state index is 11.5. The molecule has 0 aliphatic heterocycles. The monoisotopic (exact) mass is 289 g/mol. The molecule has 0 bridgehead atoms. The van der Waals surface area contributed by atoms with Crippen molar-refractivity contribution in [3.63, 3.8) is 0 Å². The molecule has 0 unspecified atom stereocenters. The summed E-state index contributed by atoms with van der Waals surface area (Å²) in [7, 11) is 0. The van der Waals surface area contributed by atoms with Crippen LogP contribution in [0.1, 0.15) is 22.8 Å². The lowest BCUT2D eigenvalue weighted by Gasteiger charge is -2.02. The normalized spacial score (nSPS) is 10.3. The minimum Gasteiger partial charge on any atom is -0.462 e. The molecule has 0 saturated heterocycles. The Bertz CT molecular complexity index is 634. The summed E-state index contributed by atoms with van der Waals surface area (Å²) >= 11 is 0. The molecule has 0 N–H and O–H groups in total. The molecule has 0 radical (unpaired) electrons. The van der Waals surface area contributed by atoms with Crippen LogP contribution in [0.15, 0.2) is 36.7 Å². The number of aromatic nitrogens is 2. The van der Waals surface area contributed by atoms with Crippen molar-refractivity contribution in [2.75, 3.05) is 6.61 Å². The number of hydrogen-bond acceptors (Lipinski definition) is 5. The van der Waals surface area contributed by atoms with Crippen molar-refractivity contribution in [1.29, 1.82) is 0 Å². The van der Waals surface area contributed by atoms with E-state index >= 15 is 0 Å². The number of esters is 1. The van der Waals surface area contributed by atoms with Crippen LogP contribution in [0, 0.1) is 10.1 Å². The van der Waals surface area contributed by atoms with Gasteiger partial charge in [-0.05, 0) is 18.9 Å². The van der Waals surface area contributed by atoms with Gasteiger partial charge in [-0.2, -0.15) is 5.10 Å². The summed E-state index contributed by atoms with van der Waals surface area (Å²) in [6.45, 7) is 2.65. The molecule has 0 amide bonds. The predicted octanol–water partition coefficient (Wildman–Crippen LogP) is 2.21. The Labute approximate surface area is 121 Å². The first kappa shape index (κ1) is 14.7. The Hall–Kier alpha value is -2.70. The fraction of sp³-hybridized carbons (Fsp3) is 0.286.